The summed E-state index contributed by atoms with van der Waals surface area (Å²) in [6.07, 6.45) is -2.19. The van der Waals surface area contributed by atoms with Gasteiger partial charge in [0.15, 0.2) is 5.82 Å². The van der Waals surface area contributed by atoms with Crippen LogP contribution in [0.3, 0.4) is 0 Å². The molecule has 146 valence electrons. The molecule has 0 bridgehead atoms. The van der Waals surface area contributed by atoms with Crippen molar-refractivity contribution in [3.8, 4) is 11.6 Å². The summed E-state index contributed by atoms with van der Waals surface area (Å²) in [4.78, 5) is 10.3. The standard InChI is InChI=1S/C17H18F3N3O4/c18-17(19,20)27-13-3-1-2-12(8-13)14-11-23(4-6-25-14)15-9-21-10-16(22-15)26-7-5-24/h1-3,8-10,14,24H,4-7,11H2. The average Bonchev–Trinajstić information content (AvgIpc) is 2.65. The Labute approximate surface area is 153 Å². The van der Waals surface area contributed by atoms with Crippen LogP contribution < -0.4 is 14.4 Å². The number of benzene rings is 1. The summed E-state index contributed by atoms with van der Waals surface area (Å²) < 4.78 is 52.2. The molecule has 0 aliphatic carbocycles. The van der Waals surface area contributed by atoms with Crippen molar-refractivity contribution in [3.63, 3.8) is 0 Å². The van der Waals surface area contributed by atoms with E-state index in [-0.39, 0.29) is 24.8 Å². The van der Waals surface area contributed by atoms with Crippen molar-refractivity contribution < 1.29 is 32.5 Å². The molecule has 1 fully saturated rings. The highest BCUT2D eigenvalue weighted by molar-refractivity contribution is 5.40. The Hall–Kier alpha value is -2.59. The molecule has 0 saturated carbocycles. The highest BCUT2D eigenvalue weighted by Crippen LogP contribution is 2.30. The molecule has 0 amide bonds. The minimum Gasteiger partial charge on any atom is -0.474 e. The number of alkyl halides is 3. The van der Waals surface area contributed by atoms with E-state index in [1.807, 2.05) is 4.90 Å². The molecule has 1 aromatic heterocycles. The lowest BCUT2D eigenvalue weighted by molar-refractivity contribution is -0.274. The van der Waals surface area contributed by atoms with E-state index in [1.54, 1.807) is 12.3 Å². The Morgan fingerprint density at radius 1 is 1.30 bits per heavy atom. The molecule has 1 aromatic carbocycles. The lowest BCUT2D eigenvalue weighted by Gasteiger charge is -2.34. The van der Waals surface area contributed by atoms with Gasteiger partial charge in [-0.2, -0.15) is 4.98 Å². The summed E-state index contributed by atoms with van der Waals surface area (Å²) >= 11 is 0. The van der Waals surface area contributed by atoms with Crippen molar-refractivity contribution in [2.45, 2.75) is 12.5 Å². The van der Waals surface area contributed by atoms with Crippen molar-refractivity contribution in [2.24, 2.45) is 0 Å². The zero-order valence-corrected chi connectivity index (χ0v) is 14.2. The first-order valence-electron chi connectivity index (χ1n) is 8.22. The SMILES string of the molecule is OCCOc1cncc(N2CCOC(c3cccc(OC(F)(F)F)c3)C2)n1. The molecule has 1 saturated heterocycles. The van der Waals surface area contributed by atoms with E-state index in [0.29, 0.717) is 31.1 Å². The minimum atomic E-state index is -4.75. The van der Waals surface area contributed by atoms with E-state index in [2.05, 4.69) is 14.7 Å². The summed E-state index contributed by atoms with van der Waals surface area (Å²) in [6, 6.07) is 5.73. The highest BCUT2D eigenvalue weighted by Gasteiger charge is 2.31. The van der Waals surface area contributed by atoms with Gasteiger partial charge >= 0.3 is 6.36 Å². The summed E-state index contributed by atoms with van der Waals surface area (Å²) in [5.41, 5.74) is 0.571. The van der Waals surface area contributed by atoms with Crippen LogP contribution in [-0.4, -0.2) is 54.3 Å². The number of aromatic nitrogens is 2. The molecule has 27 heavy (non-hydrogen) atoms. The van der Waals surface area contributed by atoms with Crippen molar-refractivity contribution in [1.82, 2.24) is 9.97 Å². The maximum atomic E-state index is 12.4. The molecule has 1 N–H and O–H groups in total. The minimum absolute atomic E-state index is 0.107. The molecule has 10 heteroatoms. The molecule has 2 aromatic rings. The number of nitrogens with zero attached hydrogens (tertiary/aromatic N) is 3. The molecule has 0 spiro atoms. The van der Waals surface area contributed by atoms with Gasteiger partial charge in [-0.3, -0.25) is 4.98 Å². The van der Waals surface area contributed by atoms with Crippen molar-refractivity contribution >= 4 is 5.82 Å². The number of aliphatic hydroxyl groups is 1. The van der Waals surface area contributed by atoms with E-state index in [0.717, 1.165) is 0 Å². The van der Waals surface area contributed by atoms with Crippen LogP contribution in [0.4, 0.5) is 19.0 Å². The number of hydrogen-bond acceptors (Lipinski definition) is 7. The van der Waals surface area contributed by atoms with Gasteiger partial charge < -0.3 is 24.2 Å². The summed E-state index contributed by atoms with van der Waals surface area (Å²) in [6.45, 7) is 1.27. The smallest absolute Gasteiger partial charge is 0.474 e. The molecular formula is C17H18F3N3O4. The van der Waals surface area contributed by atoms with Crippen LogP contribution in [0.2, 0.25) is 0 Å². The Morgan fingerprint density at radius 3 is 2.93 bits per heavy atom. The first-order chi connectivity index (χ1) is 12.9. The quantitative estimate of drug-likeness (QED) is 0.818. The van der Waals surface area contributed by atoms with Gasteiger partial charge in [0.25, 0.3) is 0 Å². The topological polar surface area (TPSA) is 76.9 Å². The van der Waals surface area contributed by atoms with Crippen LogP contribution in [-0.2, 0) is 4.74 Å². The van der Waals surface area contributed by atoms with Gasteiger partial charge in [-0.15, -0.1) is 13.2 Å². The average molecular weight is 385 g/mol. The summed E-state index contributed by atoms with van der Waals surface area (Å²) in [7, 11) is 0. The van der Waals surface area contributed by atoms with Crippen LogP contribution >= 0.6 is 0 Å². The van der Waals surface area contributed by atoms with Crippen molar-refractivity contribution in [3.05, 3.63) is 42.2 Å². The molecule has 2 heterocycles. The predicted octanol–water partition coefficient (Wildman–Crippen LogP) is 2.32. The second kappa shape index (κ2) is 8.40. The number of rotatable bonds is 6. The van der Waals surface area contributed by atoms with E-state index in [1.165, 1.54) is 24.4 Å². The van der Waals surface area contributed by atoms with Gasteiger partial charge in [0, 0.05) is 13.1 Å². The Morgan fingerprint density at radius 2 is 2.15 bits per heavy atom. The third-order valence-corrected chi connectivity index (χ3v) is 3.79. The second-order valence-corrected chi connectivity index (χ2v) is 5.71. The van der Waals surface area contributed by atoms with Gasteiger partial charge in [0.2, 0.25) is 5.88 Å². The zero-order chi connectivity index (χ0) is 19.3. The lowest BCUT2D eigenvalue weighted by Crippen LogP contribution is -2.39. The number of halogens is 3. The van der Waals surface area contributed by atoms with Gasteiger partial charge in [-0.1, -0.05) is 12.1 Å². The number of morpholine rings is 1. The number of anilines is 1. The Kier molecular flexibility index (Phi) is 5.97. The van der Waals surface area contributed by atoms with Crippen molar-refractivity contribution in [2.75, 3.05) is 37.8 Å². The van der Waals surface area contributed by atoms with Crippen LogP contribution in [0.5, 0.6) is 11.6 Å². The molecule has 1 unspecified atom stereocenters. The van der Waals surface area contributed by atoms with Crippen LogP contribution in [0.15, 0.2) is 36.7 Å². The fourth-order valence-corrected chi connectivity index (χ4v) is 2.68. The number of ether oxygens (including phenoxy) is 3. The van der Waals surface area contributed by atoms with Crippen LogP contribution in [0.1, 0.15) is 11.7 Å². The predicted molar refractivity (Wildman–Crippen MR) is 88.6 cm³/mol. The Bertz CT molecular complexity index is 760. The maximum Gasteiger partial charge on any atom is 0.573 e. The van der Waals surface area contributed by atoms with Gasteiger partial charge in [0.05, 0.1) is 25.6 Å². The number of hydrogen-bond donors (Lipinski definition) is 1. The molecule has 0 radical (unpaired) electrons. The molecule has 3 rings (SSSR count). The van der Waals surface area contributed by atoms with Gasteiger partial charge in [-0.25, -0.2) is 0 Å². The van der Waals surface area contributed by atoms with E-state index >= 15 is 0 Å². The van der Waals surface area contributed by atoms with E-state index < -0.39 is 12.5 Å². The normalized spacial score (nSPS) is 17.6. The molecule has 1 atom stereocenters. The van der Waals surface area contributed by atoms with E-state index in [9.17, 15) is 13.2 Å². The molecule has 1 aliphatic heterocycles. The second-order valence-electron chi connectivity index (χ2n) is 5.71. The lowest BCUT2D eigenvalue weighted by atomic mass is 10.1. The third-order valence-electron chi connectivity index (χ3n) is 3.79. The third kappa shape index (κ3) is 5.44. The highest BCUT2D eigenvalue weighted by atomic mass is 19.4. The Balaban J connectivity index is 1.72. The fourth-order valence-electron chi connectivity index (χ4n) is 2.68. The van der Waals surface area contributed by atoms with Crippen LogP contribution in [0.25, 0.3) is 0 Å². The fraction of sp³-hybridized carbons (Fsp3) is 0.412. The van der Waals surface area contributed by atoms with Gasteiger partial charge in [-0.05, 0) is 17.7 Å². The van der Waals surface area contributed by atoms with Gasteiger partial charge in [0.1, 0.15) is 18.5 Å². The molecular weight excluding hydrogens is 367 g/mol. The largest absolute Gasteiger partial charge is 0.573 e. The summed E-state index contributed by atoms with van der Waals surface area (Å²) in [5, 5.41) is 8.82. The van der Waals surface area contributed by atoms with Crippen molar-refractivity contribution in [1.29, 1.82) is 0 Å². The molecule has 7 nitrogen and oxygen atoms in total. The first kappa shape index (κ1) is 19.2. The molecule has 1 aliphatic rings. The zero-order valence-electron chi connectivity index (χ0n) is 14.2. The first-order valence-corrected chi connectivity index (χ1v) is 8.22. The summed E-state index contributed by atoms with van der Waals surface area (Å²) in [5.74, 6) is 0.548. The monoisotopic (exact) mass is 385 g/mol. The van der Waals surface area contributed by atoms with E-state index in [4.69, 9.17) is 14.6 Å². The maximum absolute atomic E-state index is 12.4. The van der Waals surface area contributed by atoms with Crippen LogP contribution in [0, 0.1) is 0 Å². The number of aliphatic hydroxyl groups excluding tert-OH is 1.